The SMILES string of the molecule is O=C(CNS(=O)(=O)c1cccs1)N1CCCCCC1. The molecule has 0 unspecified atom stereocenters. The Morgan fingerprint density at radius 2 is 1.95 bits per heavy atom. The van der Waals surface area contributed by atoms with Gasteiger partial charge in [0, 0.05) is 13.1 Å². The van der Waals surface area contributed by atoms with E-state index >= 15 is 0 Å². The summed E-state index contributed by atoms with van der Waals surface area (Å²) in [7, 11) is -3.54. The zero-order chi connectivity index (χ0) is 13.7. The highest BCUT2D eigenvalue weighted by atomic mass is 32.2. The van der Waals surface area contributed by atoms with E-state index in [9.17, 15) is 13.2 Å². The van der Waals surface area contributed by atoms with Crippen molar-refractivity contribution in [2.75, 3.05) is 19.6 Å². The number of thiophene rings is 1. The minimum absolute atomic E-state index is 0.137. The maximum absolute atomic E-state index is 12.0. The molecule has 0 aromatic carbocycles. The summed E-state index contributed by atoms with van der Waals surface area (Å²) in [5.41, 5.74) is 0. The lowest BCUT2D eigenvalue weighted by atomic mass is 10.2. The van der Waals surface area contributed by atoms with Crippen LogP contribution in [-0.4, -0.2) is 38.9 Å². The molecule has 0 spiro atoms. The third-order valence-electron chi connectivity index (χ3n) is 3.13. The van der Waals surface area contributed by atoms with Crippen LogP contribution in [0.1, 0.15) is 25.7 Å². The molecule has 1 aliphatic rings. The van der Waals surface area contributed by atoms with Gasteiger partial charge in [-0.1, -0.05) is 18.9 Å². The highest BCUT2D eigenvalue weighted by molar-refractivity contribution is 7.91. The van der Waals surface area contributed by atoms with Crippen LogP contribution in [0.2, 0.25) is 0 Å². The minimum Gasteiger partial charge on any atom is -0.342 e. The molecule has 1 amide bonds. The van der Waals surface area contributed by atoms with Crippen LogP contribution < -0.4 is 4.72 Å². The lowest BCUT2D eigenvalue weighted by molar-refractivity contribution is -0.129. The van der Waals surface area contributed by atoms with Gasteiger partial charge in [0.05, 0.1) is 6.54 Å². The van der Waals surface area contributed by atoms with E-state index in [1.54, 1.807) is 16.3 Å². The van der Waals surface area contributed by atoms with Crippen molar-refractivity contribution in [3.63, 3.8) is 0 Å². The molecular weight excluding hydrogens is 284 g/mol. The summed E-state index contributed by atoms with van der Waals surface area (Å²) in [4.78, 5) is 13.7. The smallest absolute Gasteiger partial charge is 0.250 e. The Balaban J connectivity index is 1.89. The van der Waals surface area contributed by atoms with Crippen molar-refractivity contribution < 1.29 is 13.2 Å². The van der Waals surface area contributed by atoms with Gasteiger partial charge in [-0.05, 0) is 24.3 Å². The average molecular weight is 302 g/mol. The van der Waals surface area contributed by atoms with Crippen molar-refractivity contribution in [1.82, 2.24) is 9.62 Å². The molecule has 1 saturated heterocycles. The third kappa shape index (κ3) is 4.02. The first-order valence-electron chi connectivity index (χ1n) is 6.40. The van der Waals surface area contributed by atoms with Gasteiger partial charge in [0.2, 0.25) is 5.91 Å². The lowest BCUT2D eigenvalue weighted by Crippen LogP contribution is -2.40. The molecule has 2 rings (SSSR count). The summed E-state index contributed by atoms with van der Waals surface area (Å²) in [6, 6.07) is 3.21. The maximum Gasteiger partial charge on any atom is 0.250 e. The topological polar surface area (TPSA) is 66.5 Å². The normalized spacial score (nSPS) is 17.2. The van der Waals surface area contributed by atoms with Crippen LogP contribution in [0.5, 0.6) is 0 Å². The van der Waals surface area contributed by atoms with Crippen molar-refractivity contribution in [2.45, 2.75) is 29.9 Å². The summed E-state index contributed by atoms with van der Waals surface area (Å²) in [5, 5.41) is 1.70. The van der Waals surface area contributed by atoms with E-state index in [1.165, 1.54) is 6.07 Å². The fraction of sp³-hybridized carbons (Fsp3) is 0.583. The number of rotatable bonds is 4. The van der Waals surface area contributed by atoms with Gasteiger partial charge in [0.25, 0.3) is 10.0 Å². The van der Waals surface area contributed by atoms with Crippen molar-refractivity contribution in [3.05, 3.63) is 17.5 Å². The average Bonchev–Trinajstić information content (AvgIpc) is 2.80. The summed E-state index contributed by atoms with van der Waals surface area (Å²) in [6.07, 6.45) is 4.29. The van der Waals surface area contributed by atoms with Crippen LogP contribution in [0, 0.1) is 0 Å². The Morgan fingerprint density at radius 3 is 2.53 bits per heavy atom. The van der Waals surface area contributed by atoms with Gasteiger partial charge in [0.1, 0.15) is 4.21 Å². The Morgan fingerprint density at radius 1 is 1.26 bits per heavy atom. The molecule has 0 bridgehead atoms. The monoisotopic (exact) mass is 302 g/mol. The summed E-state index contributed by atoms with van der Waals surface area (Å²) in [5.74, 6) is -0.137. The van der Waals surface area contributed by atoms with E-state index in [-0.39, 0.29) is 16.7 Å². The molecule has 1 N–H and O–H groups in total. The first kappa shape index (κ1) is 14.5. The van der Waals surface area contributed by atoms with E-state index in [0.29, 0.717) is 0 Å². The third-order valence-corrected chi connectivity index (χ3v) is 5.93. The largest absolute Gasteiger partial charge is 0.342 e. The maximum atomic E-state index is 12.0. The number of nitrogens with one attached hydrogen (secondary N) is 1. The van der Waals surface area contributed by atoms with E-state index in [4.69, 9.17) is 0 Å². The Hall–Kier alpha value is -0.920. The molecule has 0 radical (unpaired) electrons. The second kappa shape index (κ2) is 6.49. The molecule has 0 atom stereocenters. The zero-order valence-corrected chi connectivity index (χ0v) is 12.3. The summed E-state index contributed by atoms with van der Waals surface area (Å²) in [6.45, 7) is 1.32. The van der Waals surface area contributed by atoms with Crippen LogP contribution >= 0.6 is 11.3 Å². The van der Waals surface area contributed by atoms with Gasteiger partial charge in [-0.2, -0.15) is 0 Å². The van der Waals surface area contributed by atoms with Crippen LogP contribution in [0.15, 0.2) is 21.7 Å². The van der Waals surface area contributed by atoms with Crippen molar-refractivity contribution in [2.24, 2.45) is 0 Å². The van der Waals surface area contributed by atoms with Crippen LogP contribution in [-0.2, 0) is 14.8 Å². The summed E-state index contributed by atoms with van der Waals surface area (Å²) < 4.78 is 26.4. The molecule has 0 aliphatic carbocycles. The molecule has 1 aromatic rings. The Labute approximate surface area is 117 Å². The molecule has 5 nitrogen and oxygen atoms in total. The number of sulfonamides is 1. The van der Waals surface area contributed by atoms with E-state index in [2.05, 4.69) is 4.72 Å². The second-order valence-electron chi connectivity index (χ2n) is 4.55. The second-order valence-corrected chi connectivity index (χ2v) is 7.49. The van der Waals surface area contributed by atoms with Gasteiger partial charge in [0.15, 0.2) is 0 Å². The predicted octanol–water partition coefficient (Wildman–Crippen LogP) is 1.43. The van der Waals surface area contributed by atoms with E-state index < -0.39 is 10.0 Å². The number of hydrogen-bond donors (Lipinski definition) is 1. The number of amides is 1. The molecular formula is C12H18N2O3S2. The standard InChI is InChI=1S/C12H18N2O3S2/c15-11(14-7-3-1-2-4-8-14)10-13-19(16,17)12-6-5-9-18-12/h5-6,9,13H,1-4,7-8,10H2. The van der Waals surface area contributed by atoms with Gasteiger partial charge in [-0.15, -0.1) is 11.3 Å². The van der Waals surface area contributed by atoms with Gasteiger partial charge >= 0.3 is 0 Å². The van der Waals surface area contributed by atoms with Gasteiger partial charge in [-0.25, -0.2) is 13.1 Å². The summed E-state index contributed by atoms with van der Waals surface area (Å²) >= 11 is 1.15. The van der Waals surface area contributed by atoms with Crippen molar-refractivity contribution >= 4 is 27.3 Å². The molecule has 7 heteroatoms. The zero-order valence-electron chi connectivity index (χ0n) is 10.7. The number of carbonyl (C=O) groups is 1. The fourth-order valence-corrected chi connectivity index (χ4v) is 4.09. The number of carbonyl (C=O) groups excluding carboxylic acids is 1. The quantitative estimate of drug-likeness (QED) is 0.915. The predicted molar refractivity (Wildman–Crippen MR) is 74.6 cm³/mol. The minimum atomic E-state index is -3.54. The highest BCUT2D eigenvalue weighted by Gasteiger charge is 2.20. The molecule has 106 valence electrons. The van der Waals surface area contributed by atoms with Crippen molar-refractivity contribution in [3.8, 4) is 0 Å². The van der Waals surface area contributed by atoms with Crippen LogP contribution in [0.3, 0.4) is 0 Å². The lowest BCUT2D eigenvalue weighted by Gasteiger charge is -2.20. The van der Waals surface area contributed by atoms with Crippen LogP contribution in [0.4, 0.5) is 0 Å². The Bertz CT molecular complexity index is 503. The van der Waals surface area contributed by atoms with E-state index in [0.717, 1.165) is 50.1 Å². The molecule has 1 fully saturated rings. The van der Waals surface area contributed by atoms with Crippen LogP contribution in [0.25, 0.3) is 0 Å². The number of nitrogens with zero attached hydrogens (tertiary/aromatic N) is 1. The van der Waals surface area contributed by atoms with Gasteiger partial charge < -0.3 is 4.90 Å². The van der Waals surface area contributed by atoms with E-state index in [1.807, 2.05) is 0 Å². The molecule has 2 heterocycles. The molecule has 1 aromatic heterocycles. The first-order valence-corrected chi connectivity index (χ1v) is 8.77. The number of hydrogen-bond acceptors (Lipinski definition) is 4. The Kier molecular flexibility index (Phi) is 4.95. The van der Waals surface area contributed by atoms with Gasteiger partial charge in [-0.3, -0.25) is 4.79 Å². The first-order chi connectivity index (χ1) is 9.09. The molecule has 19 heavy (non-hydrogen) atoms. The fourth-order valence-electron chi connectivity index (χ4n) is 2.08. The van der Waals surface area contributed by atoms with Crippen molar-refractivity contribution in [1.29, 1.82) is 0 Å². The highest BCUT2D eigenvalue weighted by Crippen LogP contribution is 2.15. The number of likely N-dealkylation sites (tertiary alicyclic amines) is 1. The molecule has 0 saturated carbocycles. The molecule has 1 aliphatic heterocycles.